The van der Waals surface area contributed by atoms with E-state index in [0.717, 1.165) is 53.8 Å². The predicted octanol–water partition coefficient (Wildman–Crippen LogP) is 3.98. The average molecular weight is 495 g/mol. The van der Waals surface area contributed by atoms with E-state index < -0.39 is 0 Å². The minimum atomic E-state index is -0.258. The number of hydrogen-bond acceptors (Lipinski definition) is 6. The summed E-state index contributed by atoms with van der Waals surface area (Å²) in [5, 5.41) is 13.8. The Bertz CT molecular complexity index is 1330. The number of piperazine rings is 1. The van der Waals surface area contributed by atoms with Crippen LogP contribution in [0.2, 0.25) is 0 Å². The Hall–Kier alpha value is -3.22. The third-order valence-corrected chi connectivity index (χ3v) is 7.51. The summed E-state index contributed by atoms with van der Waals surface area (Å²) in [5.74, 6) is -0.258. The molecule has 0 spiro atoms. The van der Waals surface area contributed by atoms with Crippen molar-refractivity contribution in [3.05, 3.63) is 57.8 Å². The molecule has 1 aromatic carbocycles. The van der Waals surface area contributed by atoms with E-state index in [1.165, 1.54) is 6.07 Å². The summed E-state index contributed by atoms with van der Waals surface area (Å²) in [6, 6.07) is 9.24. The first-order chi connectivity index (χ1) is 17.3. The molecule has 1 aliphatic rings. The van der Waals surface area contributed by atoms with Gasteiger partial charge in [0.15, 0.2) is 0 Å². The van der Waals surface area contributed by atoms with Crippen molar-refractivity contribution in [3.63, 3.8) is 0 Å². The van der Waals surface area contributed by atoms with Crippen LogP contribution in [-0.2, 0) is 24.9 Å². The molecule has 36 heavy (non-hydrogen) atoms. The van der Waals surface area contributed by atoms with Crippen LogP contribution in [0.15, 0.2) is 35.3 Å². The topological polar surface area (TPSA) is 79.3 Å². The highest BCUT2D eigenvalue weighted by molar-refractivity contribution is 5.88. The molecule has 3 atom stereocenters. The normalized spacial score (nSPS) is 19.5. The Morgan fingerprint density at radius 3 is 2.64 bits per heavy atom. The number of benzene rings is 1. The predicted molar refractivity (Wildman–Crippen MR) is 138 cm³/mol. The van der Waals surface area contributed by atoms with Crippen LogP contribution in [0, 0.1) is 17.1 Å². The van der Waals surface area contributed by atoms with Crippen molar-refractivity contribution in [2.45, 2.75) is 64.9 Å². The molecular weight excluding hydrogens is 459 g/mol. The van der Waals surface area contributed by atoms with E-state index in [-0.39, 0.29) is 36.0 Å². The minimum absolute atomic E-state index is 0.0791. The summed E-state index contributed by atoms with van der Waals surface area (Å²) >= 11 is 0. The maximum absolute atomic E-state index is 14.0. The summed E-state index contributed by atoms with van der Waals surface area (Å²) < 4.78 is 22.5. The van der Waals surface area contributed by atoms with Crippen LogP contribution in [0.1, 0.15) is 50.8 Å². The maximum Gasteiger partial charge on any atom is 0.252 e. The summed E-state index contributed by atoms with van der Waals surface area (Å²) in [6.45, 7) is 8.55. The molecule has 3 heterocycles. The molecule has 1 saturated heterocycles. The lowest BCUT2D eigenvalue weighted by molar-refractivity contribution is 0.0990. The second kappa shape index (κ2) is 10.8. The van der Waals surface area contributed by atoms with Crippen LogP contribution in [0.4, 0.5) is 10.1 Å². The van der Waals surface area contributed by atoms with Gasteiger partial charge in [-0.1, -0.05) is 19.9 Å². The van der Waals surface area contributed by atoms with Gasteiger partial charge in [0.2, 0.25) is 0 Å². The number of methoxy groups -OCH3 is 1. The average Bonchev–Trinajstić information content (AvgIpc) is 3.30. The Balaban J connectivity index is 1.72. The van der Waals surface area contributed by atoms with Gasteiger partial charge in [0, 0.05) is 51.4 Å². The zero-order chi connectivity index (χ0) is 26.0. The van der Waals surface area contributed by atoms with Crippen molar-refractivity contribution in [3.8, 4) is 6.07 Å². The lowest BCUT2D eigenvalue weighted by atomic mass is 9.94. The molecule has 0 saturated carbocycles. The Morgan fingerprint density at radius 2 is 1.97 bits per heavy atom. The van der Waals surface area contributed by atoms with Gasteiger partial charge in [0.25, 0.3) is 5.56 Å². The molecule has 8 nitrogen and oxygen atoms in total. The Morgan fingerprint density at radius 1 is 1.22 bits per heavy atom. The van der Waals surface area contributed by atoms with E-state index in [9.17, 15) is 9.18 Å². The van der Waals surface area contributed by atoms with E-state index >= 15 is 0 Å². The first kappa shape index (κ1) is 25.9. The van der Waals surface area contributed by atoms with Gasteiger partial charge < -0.3 is 14.2 Å². The molecule has 0 amide bonds. The molecule has 4 rings (SSSR count). The minimum Gasteiger partial charge on any atom is -0.380 e. The molecular formula is C27H35FN6O2. The highest BCUT2D eigenvalue weighted by Crippen LogP contribution is 2.35. The number of halogens is 1. The van der Waals surface area contributed by atoms with Crippen LogP contribution < -0.4 is 10.5 Å². The van der Waals surface area contributed by atoms with Crippen LogP contribution >= 0.6 is 0 Å². The summed E-state index contributed by atoms with van der Waals surface area (Å²) in [6.07, 6.45) is 3.59. The van der Waals surface area contributed by atoms with Crippen LogP contribution in [0.3, 0.4) is 0 Å². The molecule has 0 bridgehead atoms. The quantitative estimate of drug-likeness (QED) is 0.471. The molecule has 192 valence electrons. The van der Waals surface area contributed by atoms with Gasteiger partial charge in [-0.15, -0.1) is 0 Å². The van der Waals surface area contributed by atoms with E-state index in [4.69, 9.17) is 10.00 Å². The van der Waals surface area contributed by atoms with Crippen molar-refractivity contribution in [1.29, 1.82) is 5.26 Å². The number of aromatic nitrogens is 3. The first-order valence-electron chi connectivity index (χ1n) is 12.6. The molecule has 0 N–H and O–H groups in total. The lowest BCUT2D eigenvalue weighted by Gasteiger charge is -2.49. The fraction of sp³-hybridized carbons (Fsp3) is 0.519. The van der Waals surface area contributed by atoms with Crippen LogP contribution in [0.25, 0.3) is 11.0 Å². The summed E-state index contributed by atoms with van der Waals surface area (Å²) in [5.41, 5.74) is 4.13. The monoisotopic (exact) mass is 494 g/mol. The number of nitrogens with zero attached hydrogens (tertiary/aromatic N) is 6. The summed E-state index contributed by atoms with van der Waals surface area (Å²) in [7, 11) is 3.36. The van der Waals surface area contributed by atoms with E-state index in [1.54, 1.807) is 41.7 Å². The molecule has 1 fully saturated rings. The second-order valence-electron chi connectivity index (χ2n) is 9.57. The van der Waals surface area contributed by atoms with Gasteiger partial charge >= 0.3 is 0 Å². The summed E-state index contributed by atoms with van der Waals surface area (Å²) in [4.78, 5) is 17.7. The third-order valence-electron chi connectivity index (χ3n) is 7.51. The van der Waals surface area contributed by atoms with Crippen molar-refractivity contribution in [2.75, 3.05) is 25.1 Å². The Kier molecular flexibility index (Phi) is 7.76. The number of fused-ring (bicyclic) bond motifs is 1. The molecule has 9 heteroatoms. The number of nitriles is 1. The van der Waals surface area contributed by atoms with Crippen LogP contribution in [0.5, 0.6) is 0 Å². The fourth-order valence-corrected chi connectivity index (χ4v) is 5.51. The van der Waals surface area contributed by atoms with Crippen molar-refractivity contribution < 1.29 is 9.13 Å². The van der Waals surface area contributed by atoms with Crippen molar-refractivity contribution >= 4 is 16.7 Å². The van der Waals surface area contributed by atoms with Gasteiger partial charge in [0.1, 0.15) is 17.9 Å². The molecule has 1 aliphatic heterocycles. The van der Waals surface area contributed by atoms with Gasteiger partial charge in [-0.2, -0.15) is 10.4 Å². The van der Waals surface area contributed by atoms with Gasteiger partial charge in [0.05, 0.1) is 30.1 Å². The molecule has 0 aliphatic carbocycles. The van der Waals surface area contributed by atoms with Gasteiger partial charge in [-0.05, 0) is 43.0 Å². The maximum atomic E-state index is 14.0. The van der Waals surface area contributed by atoms with Gasteiger partial charge in [-0.3, -0.25) is 14.4 Å². The van der Waals surface area contributed by atoms with Crippen LogP contribution in [-0.4, -0.2) is 51.5 Å². The fourth-order valence-electron chi connectivity index (χ4n) is 5.51. The van der Waals surface area contributed by atoms with E-state index in [0.29, 0.717) is 6.61 Å². The SMILES string of the molecule is CC[C@H]1CN(C(C)c2ccc(F)cc2COC)[C@H](CC)CN1c1cc(=O)n(C)c2cn(CC#N)nc12. The van der Waals surface area contributed by atoms with E-state index in [2.05, 4.69) is 41.7 Å². The highest BCUT2D eigenvalue weighted by atomic mass is 19.1. The third kappa shape index (κ3) is 4.75. The molecule has 3 aromatic rings. The standard InChI is InChI=1S/C27H35FN6O2/c1-6-21-15-34(24-13-26(35)31(4)25-16-32(11-10-29)30-27(24)25)22(7-2)14-33(21)18(3)23-9-8-20(28)12-19(23)17-36-5/h8-9,12-13,16,18,21-22H,6-7,11,14-15,17H2,1-5H3/t18?,21-,22+/m1/s1. The van der Waals surface area contributed by atoms with Crippen molar-refractivity contribution in [2.24, 2.45) is 7.05 Å². The number of hydrogen-bond donors (Lipinski definition) is 0. The number of anilines is 1. The smallest absolute Gasteiger partial charge is 0.252 e. The zero-order valence-electron chi connectivity index (χ0n) is 21.7. The second-order valence-corrected chi connectivity index (χ2v) is 9.57. The first-order valence-corrected chi connectivity index (χ1v) is 12.6. The van der Waals surface area contributed by atoms with E-state index in [1.807, 2.05) is 6.07 Å². The number of pyridine rings is 1. The molecule has 2 aromatic heterocycles. The largest absolute Gasteiger partial charge is 0.380 e. The number of rotatable bonds is 8. The van der Waals surface area contributed by atoms with Gasteiger partial charge in [-0.25, -0.2) is 4.39 Å². The highest BCUT2D eigenvalue weighted by Gasteiger charge is 2.36. The lowest BCUT2D eigenvalue weighted by Crippen LogP contribution is -2.59. The molecule has 1 unspecified atom stereocenters. The molecule has 0 radical (unpaired) electrons. The Labute approximate surface area is 211 Å². The van der Waals surface area contributed by atoms with Crippen molar-refractivity contribution in [1.82, 2.24) is 19.2 Å². The number of aryl methyl sites for hydroxylation is 1. The number of ether oxygens (including phenoxy) is 1. The zero-order valence-corrected chi connectivity index (χ0v) is 21.7.